The Morgan fingerprint density at radius 3 is 2.89 bits per heavy atom. The lowest BCUT2D eigenvalue weighted by molar-refractivity contribution is 0.218. The average Bonchev–Trinajstić information content (AvgIpc) is 2.96. The van der Waals surface area contributed by atoms with Crippen molar-refractivity contribution in [2.75, 3.05) is 5.32 Å². The van der Waals surface area contributed by atoms with Crippen molar-refractivity contribution >= 4 is 51.7 Å². The van der Waals surface area contributed by atoms with E-state index in [1.165, 1.54) is 12.8 Å². The fraction of sp³-hybridized carbons (Fsp3) is 0.385. The minimum Gasteiger partial charge on any atom is -0.379 e. The summed E-state index contributed by atoms with van der Waals surface area (Å²) in [6, 6.07) is 2.20. The largest absolute Gasteiger partial charge is 0.379 e. The van der Waals surface area contributed by atoms with E-state index < -0.39 is 0 Å². The van der Waals surface area contributed by atoms with Gasteiger partial charge in [-0.05, 0) is 24.8 Å². The van der Waals surface area contributed by atoms with Crippen LogP contribution >= 0.6 is 34.9 Å². The van der Waals surface area contributed by atoms with Crippen LogP contribution in [0.1, 0.15) is 12.8 Å². The number of hydrogen-bond acceptors (Lipinski definition) is 4. The Morgan fingerprint density at radius 2 is 2.05 bits per heavy atom. The Bertz CT molecular complexity index is 682. The Morgan fingerprint density at radius 1 is 1.21 bits per heavy atom. The molecule has 2 aliphatic rings. The summed E-state index contributed by atoms with van der Waals surface area (Å²) in [5, 5.41) is 4.72. The van der Waals surface area contributed by atoms with E-state index in [2.05, 4.69) is 26.2 Å². The molecular weight excluding hydrogens is 301 g/mol. The van der Waals surface area contributed by atoms with Gasteiger partial charge < -0.3 is 5.32 Å². The number of fused-ring (bicyclic) bond motifs is 2. The molecule has 98 valence electrons. The summed E-state index contributed by atoms with van der Waals surface area (Å²) in [5.74, 6) is 1.45. The van der Waals surface area contributed by atoms with Gasteiger partial charge in [0.2, 0.25) is 0 Å². The zero-order valence-corrected chi connectivity index (χ0v) is 12.3. The smallest absolute Gasteiger partial charge is 0.130 e. The van der Waals surface area contributed by atoms with Gasteiger partial charge in [0, 0.05) is 12.0 Å². The predicted octanol–water partition coefficient (Wildman–Crippen LogP) is 4.37. The minimum absolute atomic E-state index is 0.451. The first kappa shape index (κ1) is 11.9. The zero-order valence-electron chi connectivity index (χ0n) is 9.94. The van der Waals surface area contributed by atoms with E-state index in [0.717, 1.165) is 34.4 Å². The van der Waals surface area contributed by atoms with Gasteiger partial charge in [0.25, 0.3) is 0 Å². The molecule has 0 saturated heterocycles. The number of hydrogen-bond donors (Lipinski definition) is 1. The number of benzene rings is 1. The van der Waals surface area contributed by atoms with E-state index in [1.807, 2.05) is 0 Å². The number of rotatable bonds is 2. The summed E-state index contributed by atoms with van der Waals surface area (Å²) in [6.07, 6.45) is 6.99. The number of aromatic nitrogens is 2. The van der Waals surface area contributed by atoms with Gasteiger partial charge in [-0.25, -0.2) is 0 Å². The molecule has 1 aromatic carbocycles. The number of allylic oxidation sites excluding steroid dienone is 1. The van der Waals surface area contributed by atoms with Crippen molar-refractivity contribution in [3.8, 4) is 0 Å². The van der Waals surface area contributed by atoms with Gasteiger partial charge in [-0.15, -0.1) is 0 Å². The first-order valence-electron chi connectivity index (χ1n) is 6.27. The van der Waals surface area contributed by atoms with Gasteiger partial charge >= 0.3 is 0 Å². The van der Waals surface area contributed by atoms with Crippen molar-refractivity contribution < 1.29 is 0 Å². The molecule has 2 aromatic rings. The summed E-state index contributed by atoms with van der Waals surface area (Å²) < 4.78 is 8.54. The second kappa shape index (κ2) is 4.33. The molecule has 0 spiro atoms. The molecule has 3 atom stereocenters. The molecule has 1 N–H and O–H groups in total. The van der Waals surface area contributed by atoms with Crippen molar-refractivity contribution in [2.45, 2.75) is 18.9 Å². The minimum atomic E-state index is 0.451. The number of anilines is 1. The molecule has 0 radical (unpaired) electrons. The van der Waals surface area contributed by atoms with Crippen LogP contribution in [0.3, 0.4) is 0 Å². The second-order valence-electron chi connectivity index (χ2n) is 5.16. The fourth-order valence-electron chi connectivity index (χ4n) is 3.08. The number of nitrogens with one attached hydrogen (secondary N) is 1. The lowest BCUT2D eigenvalue weighted by atomic mass is 9.71. The van der Waals surface area contributed by atoms with Crippen LogP contribution in [0.5, 0.6) is 0 Å². The molecule has 4 rings (SSSR count). The lowest BCUT2D eigenvalue weighted by Crippen LogP contribution is -2.43. The molecule has 1 heterocycles. The molecule has 1 saturated carbocycles. The molecule has 6 heteroatoms. The van der Waals surface area contributed by atoms with E-state index in [0.29, 0.717) is 22.0 Å². The first-order chi connectivity index (χ1) is 9.24. The van der Waals surface area contributed by atoms with Crippen LogP contribution in [0, 0.1) is 11.8 Å². The predicted molar refractivity (Wildman–Crippen MR) is 80.2 cm³/mol. The maximum Gasteiger partial charge on any atom is 0.130 e. The Labute approximate surface area is 124 Å². The molecule has 0 amide bonds. The highest BCUT2D eigenvalue weighted by Gasteiger charge is 2.41. The highest BCUT2D eigenvalue weighted by Crippen LogP contribution is 2.46. The van der Waals surface area contributed by atoms with E-state index in [4.69, 9.17) is 23.2 Å². The Hall–Kier alpha value is -0.840. The Kier molecular flexibility index (Phi) is 2.72. The van der Waals surface area contributed by atoms with Crippen molar-refractivity contribution in [3.05, 3.63) is 28.3 Å². The molecule has 3 unspecified atom stereocenters. The van der Waals surface area contributed by atoms with Crippen molar-refractivity contribution in [3.63, 3.8) is 0 Å². The van der Waals surface area contributed by atoms with Crippen LogP contribution in [0.4, 0.5) is 5.69 Å². The van der Waals surface area contributed by atoms with Crippen LogP contribution < -0.4 is 5.32 Å². The number of nitrogens with zero attached hydrogens (tertiary/aromatic N) is 2. The van der Waals surface area contributed by atoms with Crippen LogP contribution in [0.15, 0.2) is 18.2 Å². The molecule has 19 heavy (non-hydrogen) atoms. The molecule has 1 fully saturated rings. The molecular formula is C13H11Cl2N3S. The summed E-state index contributed by atoms with van der Waals surface area (Å²) in [6.45, 7) is 0. The Balaban J connectivity index is 1.71. The van der Waals surface area contributed by atoms with Gasteiger partial charge in [0.1, 0.15) is 11.0 Å². The van der Waals surface area contributed by atoms with E-state index in [9.17, 15) is 0 Å². The summed E-state index contributed by atoms with van der Waals surface area (Å²) in [4.78, 5) is 0. The molecule has 0 aliphatic heterocycles. The highest BCUT2D eigenvalue weighted by atomic mass is 35.5. The normalized spacial score (nSPS) is 28.4. The summed E-state index contributed by atoms with van der Waals surface area (Å²) in [5.41, 5.74) is 2.39. The van der Waals surface area contributed by atoms with Gasteiger partial charge in [-0.2, -0.15) is 8.75 Å². The lowest BCUT2D eigenvalue weighted by Gasteiger charge is -2.41. The molecule has 1 aromatic heterocycles. The highest BCUT2D eigenvalue weighted by molar-refractivity contribution is 7.00. The average molecular weight is 312 g/mol. The third kappa shape index (κ3) is 1.77. The summed E-state index contributed by atoms with van der Waals surface area (Å²) >= 11 is 13.6. The van der Waals surface area contributed by atoms with Crippen molar-refractivity contribution in [1.29, 1.82) is 0 Å². The second-order valence-corrected chi connectivity index (χ2v) is 6.51. The summed E-state index contributed by atoms with van der Waals surface area (Å²) in [7, 11) is 0. The van der Waals surface area contributed by atoms with Crippen LogP contribution in [0.25, 0.3) is 11.0 Å². The molecule has 0 bridgehead atoms. The van der Waals surface area contributed by atoms with E-state index in [-0.39, 0.29) is 0 Å². The standard InChI is InChI=1S/C13H11Cl2N3S/c14-8-5-9(15)12-13(18-19-17-12)11(8)16-10-4-6-2-1-3-7(6)10/h1,3,5-7,10,16H,2,4H2. The van der Waals surface area contributed by atoms with Crippen LogP contribution in [-0.4, -0.2) is 14.8 Å². The topological polar surface area (TPSA) is 37.8 Å². The SMILES string of the molecule is Clc1cc(Cl)c2nsnc2c1NC1CC2CC=CC21. The third-order valence-corrected chi connectivity index (χ3v) is 5.25. The monoisotopic (exact) mass is 311 g/mol. The van der Waals surface area contributed by atoms with E-state index >= 15 is 0 Å². The zero-order chi connectivity index (χ0) is 13.0. The molecule has 2 aliphatic carbocycles. The van der Waals surface area contributed by atoms with Crippen LogP contribution in [0.2, 0.25) is 10.0 Å². The van der Waals surface area contributed by atoms with E-state index in [1.54, 1.807) is 6.07 Å². The first-order valence-corrected chi connectivity index (χ1v) is 7.76. The maximum atomic E-state index is 6.31. The van der Waals surface area contributed by atoms with Crippen molar-refractivity contribution in [2.24, 2.45) is 11.8 Å². The van der Waals surface area contributed by atoms with Gasteiger partial charge in [0.15, 0.2) is 0 Å². The van der Waals surface area contributed by atoms with Gasteiger partial charge in [0.05, 0.1) is 27.5 Å². The van der Waals surface area contributed by atoms with Gasteiger partial charge in [-0.3, -0.25) is 0 Å². The number of halogens is 2. The van der Waals surface area contributed by atoms with Crippen molar-refractivity contribution in [1.82, 2.24) is 8.75 Å². The maximum absolute atomic E-state index is 6.31. The quantitative estimate of drug-likeness (QED) is 0.837. The van der Waals surface area contributed by atoms with Crippen LogP contribution in [-0.2, 0) is 0 Å². The van der Waals surface area contributed by atoms with Gasteiger partial charge in [-0.1, -0.05) is 35.4 Å². The third-order valence-electron chi connectivity index (χ3n) is 4.14. The molecule has 3 nitrogen and oxygen atoms in total. The fourth-order valence-corrected chi connectivity index (χ4v) is 4.25.